The number of nitrogens with one attached hydrogen (secondary N) is 1. The monoisotopic (exact) mass is 275 g/mol. The van der Waals surface area contributed by atoms with Crippen LogP contribution in [0.5, 0.6) is 0 Å². The van der Waals surface area contributed by atoms with Crippen LogP contribution in [-0.2, 0) is 4.79 Å². The van der Waals surface area contributed by atoms with E-state index in [2.05, 4.69) is 21.2 Å². The predicted molar refractivity (Wildman–Crippen MR) is 63.1 cm³/mol. The summed E-state index contributed by atoms with van der Waals surface area (Å²) in [5, 5.41) is 3.44. The molecule has 0 aliphatic heterocycles. The number of halogens is 2. The molecule has 1 N–H and O–H groups in total. The van der Waals surface area contributed by atoms with Gasteiger partial charge in [-0.3, -0.25) is 4.79 Å². The van der Waals surface area contributed by atoms with Crippen molar-refractivity contribution in [3.8, 4) is 0 Å². The topological polar surface area (TPSA) is 29.1 Å². The van der Waals surface area contributed by atoms with Gasteiger partial charge in [0.15, 0.2) is 0 Å². The van der Waals surface area contributed by atoms with Gasteiger partial charge in [0.05, 0.1) is 4.83 Å². The van der Waals surface area contributed by atoms with Crippen molar-refractivity contribution in [2.45, 2.75) is 18.2 Å². The van der Waals surface area contributed by atoms with Crippen molar-refractivity contribution in [1.82, 2.24) is 0 Å². The fourth-order valence-electron chi connectivity index (χ4n) is 0.939. The van der Waals surface area contributed by atoms with E-state index in [0.717, 1.165) is 12.1 Å². The Bertz CT molecular complexity index is 312. The van der Waals surface area contributed by atoms with E-state index in [0.29, 0.717) is 5.02 Å². The molecule has 1 aromatic rings. The van der Waals surface area contributed by atoms with Crippen LogP contribution >= 0.6 is 27.5 Å². The van der Waals surface area contributed by atoms with Crippen molar-refractivity contribution in [2.75, 3.05) is 5.32 Å². The van der Waals surface area contributed by atoms with Crippen LogP contribution in [0.1, 0.15) is 13.3 Å². The number of hydrogen-bond acceptors (Lipinski definition) is 1. The van der Waals surface area contributed by atoms with Gasteiger partial charge in [0.2, 0.25) is 5.91 Å². The zero-order chi connectivity index (χ0) is 10.6. The summed E-state index contributed by atoms with van der Waals surface area (Å²) in [4.78, 5) is 11.3. The molecule has 0 aliphatic carbocycles. The first-order chi connectivity index (χ1) is 6.63. The molecule has 0 aliphatic rings. The predicted octanol–water partition coefficient (Wildman–Crippen LogP) is 3.45. The molecule has 0 heterocycles. The van der Waals surface area contributed by atoms with Crippen LogP contribution in [-0.4, -0.2) is 10.7 Å². The zero-order valence-electron chi connectivity index (χ0n) is 7.76. The fraction of sp³-hybridized carbons (Fsp3) is 0.300. The lowest BCUT2D eigenvalue weighted by Gasteiger charge is -2.08. The molecule has 1 amide bonds. The van der Waals surface area contributed by atoms with Gasteiger partial charge in [-0.15, -0.1) is 0 Å². The molecule has 1 rings (SSSR count). The summed E-state index contributed by atoms with van der Waals surface area (Å²) in [6, 6.07) is 7.03. The zero-order valence-corrected chi connectivity index (χ0v) is 10.1. The molecule has 0 fully saturated rings. The number of hydrogen-bond donors (Lipinski definition) is 1. The Labute approximate surface area is 96.8 Å². The smallest absolute Gasteiger partial charge is 0.238 e. The summed E-state index contributed by atoms with van der Waals surface area (Å²) in [7, 11) is 0. The SMILES string of the molecule is CC[C@H](Br)C(=O)Nc1ccc(Cl)cc1. The van der Waals surface area contributed by atoms with Crippen LogP contribution < -0.4 is 5.32 Å². The second-order valence-electron chi connectivity index (χ2n) is 2.87. The van der Waals surface area contributed by atoms with Gasteiger partial charge in [0, 0.05) is 10.7 Å². The molecule has 1 aromatic carbocycles. The van der Waals surface area contributed by atoms with Crippen molar-refractivity contribution in [3.05, 3.63) is 29.3 Å². The van der Waals surface area contributed by atoms with E-state index in [1.165, 1.54) is 0 Å². The lowest BCUT2D eigenvalue weighted by atomic mass is 10.3. The lowest BCUT2D eigenvalue weighted by molar-refractivity contribution is -0.115. The molecule has 14 heavy (non-hydrogen) atoms. The summed E-state index contributed by atoms with van der Waals surface area (Å²) in [6.45, 7) is 1.95. The Balaban J connectivity index is 2.60. The highest BCUT2D eigenvalue weighted by Crippen LogP contribution is 2.15. The Kier molecular flexibility index (Phi) is 4.42. The minimum Gasteiger partial charge on any atom is -0.325 e. The Morgan fingerprint density at radius 1 is 1.50 bits per heavy atom. The van der Waals surface area contributed by atoms with Crippen LogP contribution in [0.4, 0.5) is 5.69 Å². The average molecular weight is 277 g/mol. The van der Waals surface area contributed by atoms with Gasteiger partial charge >= 0.3 is 0 Å². The molecule has 0 saturated carbocycles. The Hall–Kier alpha value is -0.540. The van der Waals surface area contributed by atoms with Crippen molar-refractivity contribution >= 4 is 39.1 Å². The second-order valence-corrected chi connectivity index (χ2v) is 4.41. The van der Waals surface area contributed by atoms with Gasteiger partial charge in [-0.25, -0.2) is 0 Å². The average Bonchev–Trinajstić information content (AvgIpc) is 2.20. The molecule has 0 unspecified atom stereocenters. The number of alkyl halides is 1. The molecule has 2 nitrogen and oxygen atoms in total. The summed E-state index contributed by atoms with van der Waals surface area (Å²) in [6.07, 6.45) is 0.763. The van der Waals surface area contributed by atoms with E-state index in [1.807, 2.05) is 6.92 Å². The summed E-state index contributed by atoms with van der Waals surface area (Å²) in [5.41, 5.74) is 0.761. The number of rotatable bonds is 3. The highest BCUT2D eigenvalue weighted by Gasteiger charge is 2.11. The fourth-order valence-corrected chi connectivity index (χ4v) is 1.18. The highest BCUT2D eigenvalue weighted by atomic mass is 79.9. The normalized spacial score (nSPS) is 12.2. The summed E-state index contributed by atoms with van der Waals surface area (Å²) < 4.78 is 0. The molecular formula is C10H11BrClNO. The number of carbonyl (C=O) groups excluding carboxylic acids is 1. The van der Waals surface area contributed by atoms with E-state index < -0.39 is 0 Å². The van der Waals surface area contributed by atoms with E-state index in [4.69, 9.17) is 11.6 Å². The van der Waals surface area contributed by atoms with Crippen molar-refractivity contribution in [3.63, 3.8) is 0 Å². The van der Waals surface area contributed by atoms with Crippen LogP contribution in [0.25, 0.3) is 0 Å². The Morgan fingerprint density at radius 2 is 2.07 bits per heavy atom. The first-order valence-electron chi connectivity index (χ1n) is 4.34. The van der Waals surface area contributed by atoms with Gasteiger partial charge in [-0.2, -0.15) is 0 Å². The van der Waals surface area contributed by atoms with Crippen LogP contribution in [0, 0.1) is 0 Å². The molecule has 0 radical (unpaired) electrons. The first-order valence-corrected chi connectivity index (χ1v) is 5.63. The number of benzene rings is 1. The third-order valence-electron chi connectivity index (χ3n) is 1.75. The van der Waals surface area contributed by atoms with E-state index >= 15 is 0 Å². The van der Waals surface area contributed by atoms with Crippen molar-refractivity contribution in [2.24, 2.45) is 0 Å². The van der Waals surface area contributed by atoms with Crippen molar-refractivity contribution in [1.29, 1.82) is 0 Å². The number of amides is 1. The molecule has 0 spiro atoms. The maximum Gasteiger partial charge on any atom is 0.238 e. The largest absolute Gasteiger partial charge is 0.325 e. The van der Waals surface area contributed by atoms with Gasteiger partial charge in [0.25, 0.3) is 0 Å². The van der Waals surface area contributed by atoms with Crippen molar-refractivity contribution < 1.29 is 4.79 Å². The molecule has 0 saturated heterocycles. The minimum absolute atomic E-state index is 0.0326. The Morgan fingerprint density at radius 3 is 2.57 bits per heavy atom. The standard InChI is InChI=1S/C10H11BrClNO/c1-2-9(11)10(14)13-8-5-3-7(12)4-6-8/h3-6,9H,2H2,1H3,(H,13,14)/t9-/m0/s1. The maximum absolute atomic E-state index is 11.4. The first kappa shape index (κ1) is 11.5. The molecular weight excluding hydrogens is 265 g/mol. The van der Waals surface area contributed by atoms with Crippen LogP contribution in [0.15, 0.2) is 24.3 Å². The van der Waals surface area contributed by atoms with E-state index in [1.54, 1.807) is 24.3 Å². The van der Waals surface area contributed by atoms with Gasteiger partial charge in [-0.05, 0) is 30.7 Å². The highest BCUT2D eigenvalue weighted by molar-refractivity contribution is 9.10. The van der Waals surface area contributed by atoms with Crippen LogP contribution in [0.3, 0.4) is 0 Å². The minimum atomic E-state index is -0.141. The quantitative estimate of drug-likeness (QED) is 0.842. The van der Waals surface area contributed by atoms with Gasteiger partial charge in [-0.1, -0.05) is 34.5 Å². The number of anilines is 1. The summed E-state index contributed by atoms with van der Waals surface area (Å²) in [5.74, 6) is -0.0326. The molecule has 0 aromatic heterocycles. The molecule has 4 heteroatoms. The van der Waals surface area contributed by atoms with Gasteiger partial charge in [0.1, 0.15) is 0 Å². The maximum atomic E-state index is 11.4. The number of carbonyl (C=O) groups is 1. The second kappa shape index (κ2) is 5.37. The van der Waals surface area contributed by atoms with Gasteiger partial charge < -0.3 is 5.32 Å². The van der Waals surface area contributed by atoms with Crippen LogP contribution in [0.2, 0.25) is 5.02 Å². The molecule has 1 atom stereocenters. The lowest BCUT2D eigenvalue weighted by Crippen LogP contribution is -2.21. The third kappa shape index (κ3) is 3.31. The molecule has 76 valence electrons. The molecule has 0 bridgehead atoms. The van der Waals surface area contributed by atoms with E-state index in [-0.39, 0.29) is 10.7 Å². The summed E-state index contributed by atoms with van der Waals surface area (Å²) >= 11 is 8.99. The van der Waals surface area contributed by atoms with E-state index in [9.17, 15) is 4.79 Å². The third-order valence-corrected chi connectivity index (χ3v) is 3.07.